The van der Waals surface area contributed by atoms with Crippen molar-refractivity contribution in [3.63, 3.8) is 0 Å². The lowest BCUT2D eigenvalue weighted by Crippen LogP contribution is -2.21. The number of nitrogens with zero attached hydrogens (tertiary/aromatic N) is 2. The fourth-order valence-corrected chi connectivity index (χ4v) is 3.09. The Morgan fingerprint density at radius 1 is 0.833 bits per heavy atom. The maximum absolute atomic E-state index is 12.6. The third-order valence-corrected chi connectivity index (χ3v) is 4.97. The van der Waals surface area contributed by atoms with Gasteiger partial charge in [-0.1, -0.05) is 24.3 Å². The third-order valence-electron chi connectivity index (χ3n) is 4.97. The lowest BCUT2D eigenvalue weighted by Gasteiger charge is -2.09. The molecule has 1 aliphatic carbocycles. The molecule has 0 saturated heterocycles. The molecule has 1 fully saturated rings. The molecule has 0 heterocycles. The number of rotatable bonds is 6. The van der Waals surface area contributed by atoms with Crippen molar-refractivity contribution in [2.75, 3.05) is 10.6 Å². The van der Waals surface area contributed by atoms with Crippen molar-refractivity contribution >= 4 is 34.6 Å². The van der Waals surface area contributed by atoms with Crippen LogP contribution in [-0.4, -0.2) is 21.7 Å². The van der Waals surface area contributed by atoms with Crippen LogP contribution < -0.4 is 10.6 Å². The van der Waals surface area contributed by atoms with Crippen LogP contribution in [0.25, 0.3) is 0 Å². The van der Waals surface area contributed by atoms with Crippen LogP contribution in [-0.2, 0) is 9.59 Å². The number of carbonyl (C=O) groups excluding carboxylic acids is 2. The second kappa shape index (κ2) is 7.74. The van der Waals surface area contributed by atoms with Gasteiger partial charge in [0.15, 0.2) is 0 Å². The van der Waals surface area contributed by atoms with Gasteiger partial charge in [-0.2, -0.15) is 0 Å². The molecule has 2 aromatic carbocycles. The largest absolute Gasteiger partial charge is 0.325 e. The Balaban J connectivity index is 1.71. The van der Waals surface area contributed by atoms with Gasteiger partial charge < -0.3 is 10.6 Å². The molecule has 0 aliphatic heterocycles. The second-order valence-corrected chi connectivity index (χ2v) is 7.02. The summed E-state index contributed by atoms with van der Waals surface area (Å²) in [6.07, 6.45) is 0. The summed E-state index contributed by atoms with van der Waals surface area (Å²) in [5.74, 6) is -2.58. The summed E-state index contributed by atoms with van der Waals surface area (Å²) in [4.78, 5) is 45.9. The minimum atomic E-state index is -0.789. The lowest BCUT2D eigenvalue weighted by atomic mass is 10.1. The number of nitro benzene ring substituents is 2. The van der Waals surface area contributed by atoms with Gasteiger partial charge in [0.25, 0.3) is 11.4 Å². The van der Waals surface area contributed by atoms with Crippen molar-refractivity contribution in [1.82, 2.24) is 0 Å². The second-order valence-electron chi connectivity index (χ2n) is 7.02. The molecule has 0 aromatic heterocycles. The standard InChI is InChI=1S/C20H18N4O6/c1-10-4-6-13(23(27)28)8-15(10)21-19(25)17-12(3)18(17)20(26)22-16-9-14(24(29)30)7-5-11(16)2/h4-9,17-18H,3H2,1-2H3,(H,21,25)(H,22,26)/t17-,18-/m1/s1. The molecule has 30 heavy (non-hydrogen) atoms. The maximum atomic E-state index is 12.6. The summed E-state index contributed by atoms with van der Waals surface area (Å²) < 4.78 is 0. The van der Waals surface area contributed by atoms with Crippen molar-refractivity contribution in [2.45, 2.75) is 13.8 Å². The van der Waals surface area contributed by atoms with Crippen molar-refractivity contribution in [3.8, 4) is 0 Å². The highest BCUT2D eigenvalue weighted by molar-refractivity contribution is 6.08. The number of nitro groups is 2. The van der Waals surface area contributed by atoms with Gasteiger partial charge in [-0.3, -0.25) is 29.8 Å². The highest BCUT2D eigenvalue weighted by Crippen LogP contribution is 2.46. The Bertz CT molecular complexity index is 1020. The molecular weight excluding hydrogens is 392 g/mol. The molecular formula is C20H18N4O6. The van der Waals surface area contributed by atoms with Crippen LogP contribution in [0.5, 0.6) is 0 Å². The van der Waals surface area contributed by atoms with Crippen molar-refractivity contribution in [1.29, 1.82) is 0 Å². The number of anilines is 2. The Morgan fingerprint density at radius 2 is 1.20 bits per heavy atom. The van der Waals surface area contributed by atoms with Crippen LogP contribution >= 0.6 is 0 Å². The van der Waals surface area contributed by atoms with Crippen LogP contribution in [0.4, 0.5) is 22.7 Å². The predicted molar refractivity (Wildman–Crippen MR) is 109 cm³/mol. The van der Waals surface area contributed by atoms with Crippen molar-refractivity contribution in [3.05, 3.63) is 79.9 Å². The zero-order chi connectivity index (χ0) is 22.2. The summed E-state index contributed by atoms with van der Waals surface area (Å²) in [6.45, 7) is 7.13. The van der Waals surface area contributed by atoms with Gasteiger partial charge in [0.05, 0.1) is 33.1 Å². The molecule has 10 nitrogen and oxygen atoms in total. The van der Waals surface area contributed by atoms with E-state index in [1.54, 1.807) is 13.8 Å². The number of hydrogen-bond acceptors (Lipinski definition) is 6. The molecule has 1 saturated carbocycles. The van der Waals surface area contributed by atoms with E-state index in [0.717, 1.165) is 0 Å². The van der Waals surface area contributed by atoms with Gasteiger partial charge in [0.2, 0.25) is 11.8 Å². The molecule has 0 radical (unpaired) electrons. The quantitative estimate of drug-likeness (QED) is 0.423. The monoisotopic (exact) mass is 410 g/mol. The molecule has 0 unspecified atom stereocenters. The van der Waals surface area contributed by atoms with Crippen LogP contribution in [0.3, 0.4) is 0 Å². The molecule has 0 bridgehead atoms. The predicted octanol–water partition coefficient (Wildman–Crippen LogP) is 3.50. The van der Waals surface area contributed by atoms with E-state index in [9.17, 15) is 29.8 Å². The van der Waals surface area contributed by atoms with E-state index in [4.69, 9.17) is 0 Å². The molecule has 154 valence electrons. The van der Waals surface area contributed by atoms with Gasteiger partial charge in [-0.15, -0.1) is 0 Å². The first-order valence-electron chi connectivity index (χ1n) is 8.90. The van der Waals surface area contributed by atoms with E-state index >= 15 is 0 Å². The Hall–Kier alpha value is -4.08. The molecule has 2 aromatic rings. The third kappa shape index (κ3) is 4.02. The summed E-state index contributed by atoms with van der Waals surface area (Å²) in [7, 11) is 0. The summed E-state index contributed by atoms with van der Waals surface area (Å²) >= 11 is 0. The van der Waals surface area contributed by atoms with Gasteiger partial charge in [-0.05, 0) is 25.0 Å². The molecule has 0 spiro atoms. The van der Waals surface area contributed by atoms with E-state index in [1.165, 1.54) is 36.4 Å². The van der Waals surface area contributed by atoms with E-state index in [1.807, 2.05) is 0 Å². The topological polar surface area (TPSA) is 144 Å². The fraction of sp³-hybridized carbons (Fsp3) is 0.200. The molecule has 10 heteroatoms. The lowest BCUT2D eigenvalue weighted by molar-refractivity contribution is -0.385. The van der Waals surface area contributed by atoms with Gasteiger partial charge in [-0.25, -0.2) is 0 Å². The number of carbonyl (C=O) groups is 2. The normalized spacial score (nSPS) is 17.2. The molecule has 2 N–H and O–H groups in total. The van der Waals surface area contributed by atoms with Gasteiger partial charge in [0, 0.05) is 24.3 Å². The zero-order valence-electron chi connectivity index (χ0n) is 16.2. The van der Waals surface area contributed by atoms with Crippen LogP contribution in [0.2, 0.25) is 0 Å². The minimum absolute atomic E-state index is 0.166. The SMILES string of the molecule is C=C1[C@@H](C(=O)Nc2cc([N+](=O)[O-])ccc2C)[C@@H]1C(=O)Nc1cc([N+](=O)[O-])ccc1C. The first kappa shape index (κ1) is 20.6. The summed E-state index contributed by atoms with van der Waals surface area (Å²) in [6, 6.07) is 8.20. The number of benzene rings is 2. The van der Waals surface area contributed by atoms with Crippen LogP contribution in [0.1, 0.15) is 11.1 Å². The van der Waals surface area contributed by atoms with Crippen molar-refractivity contribution < 1.29 is 19.4 Å². The van der Waals surface area contributed by atoms with Gasteiger partial charge in [0.1, 0.15) is 0 Å². The Morgan fingerprint density at radius 3 is 1.53 bits per heavy atom. The van der Waals surface area contributed by atoms with E-state index in [2.05, 4.69) is 17.2 Å². The van der Waals surface area contributed by atoms with Crippen LogP contribution in [0, 0.1) is 45.9 Å². The number of hydrogen-bond donors (Lipinski definition) is 2. The first-order valence-corrected chi connectivity index (χ1v) is 8.90. The van der Waals surface area contributed by atoms with E-state index < -0.39 is 33.5 Å². The zero-order valence-corrected chi connectivity index (χ0v) is 16.2. The molecule has 2 atom stereocenters. The maximum Gasteiger partial charge on any atom is 0.271 e. The Kier molecular flexibility index (Phi) is 5.33. The van der Waals surface area contributed by atoms with Crippen LogP contribution in [0.15, 0.2) is 48.6 Å². The highest BCUT2D eigenvalue weighted by Gasteiger charge is 2.52. The smallest absolute Gasteiger partial charge is 0.271 e. The Labute approximate surface area is 170 Å². The molecule has 1 aliphatic rings. The average Bonchev–Trinajstić information content (AvgIpc) is 3.36. The first-order chi connectivity index (χ1) is 14.1. The molecule has 3 rings (SSSR count). The highest BCUT2D eigenvalue weighted by atomic mass is 16.6. The summed E-state index contributed by atoms with van der Waals surface area (Å²) in [5, 5.41) is 27.1. The number of amides is 2. The minimum Gasteiger partial charge on any atom is -0.325 e. The number of non-ortho nitro benzene ring substituents is 2. The van der Waals surface area contributed by atoms with Gasteiger partial charge >= 0.3 is 0 Å². The summed E-state index contributed by atoms with van der Waals surface area (Å²) in [5.41, 5.74) is 1.89. The molecule has 2 amide bonds. The van der Waals surface area contributed by atoms with Crippen molar-refractivity contribution in [2.24, 2.45) is 11.8 Å². The number of aryl methyl sites for hydroxylation is 2. The average molecular weight is 410 g/mol. The van der Waals surface area contributed by atoms with E-state index in [0.29, 0.717) is 16.7 Å². The number of nitrogens with one attached hydrogen (secondary N) is 2. The van der Waals surface area contributed by atoms with E-state index in [-0.39, 0.29) is 22.7 Å². The fourth-order valence-electron chi connectivity index (χ4n) is 3.09.